The zero-order valence-corrected chi connectivity index (χ0v) is 27.3. The topological polar surface area (TPSA) is 293 Å². The number of aliphatic carboxylic acids is 3. The van der Waals surface area contributed by atoms with Crippen LogP contribution in [-0.2, 0) is 35.9 Å². The molecule has 48 heavy (non-hydrogen) atoms. The van der Waals surface area contributed by atoms with Gasteiger partial charge < -0.3 is 47.5 Å². The van der Waals surface area contributed by atoms with Crippen LogP contribution in [0.3, 0.4) is 0 Å². The molecule has 4 heterocycles. The molecule has 1 saturated heterocycles. The molecule has 9 N–H and O–H groups in total. The Labute approximate surface area is 280 Å². The molecule has 0 saturated carbocycles. The summed E-state index contributed by atoms with van der Waals surface area (Å²) in [5, 5.41) is 35.6. The van der Waals surface area contributed by atoms with Gasteiger partial charge in [-0.3, -0.25) is 14.5 Å². The summed E-state index contributed by atoms with van der Waals surface area (Å²) in [6.45, 7) is 2.48. The molecule has 2 aliphatic rings. The van der Waals surface area contributed by atoms with E-state index in [1.165, 1.54) is 48.8 Å². The van der Waals surface area contributed by atoms with Gasteiger partial charge in [0.05, 0.1) is 13.1 Å². The van der Waals surface area contributed by atoms with Crippen molar-refractivity contribution >= 4 is 87.1 Å². The molecule has 2 atom stereocenters. The normalized spacial score (nSPS) is 17.8. The van der Waals surface area contributed by atoms with Crippen molar-refractivity contribution in [3.05, 3.63) is 28.4 Å². The Morgan fingerprint density at radius 1 is 1.23 bits per heavy atom. The minimum absolute atomic E-state index is 0.0144. The maximum Gasteiger partial charge on any atom is 0.430 e. The molecule has 24 heteroatoms. The smallest absolute Gasteiger partial charge is 0.430 e. The zero-order chi connectivity index (χ0) is 36.3. The van der Waals surface area contributed by atoms with E-state index < -0.39 is 58.6 Å². The van der Waals surface area contributed by atoms with Crippen molar-refractivity contribution in [2.75, 3.05) is 28.7 Å². The number of nitrogen functional groups attached to an aromatic ring is 3. The number of thiazole rings is 1. The summed E-state index contributed by atoms with van der Waals surface area (Å²) < 4.78 is 33.2. The molecule has 18 nitrogen and oxygen atoms in total. The quantitative estimate of drug-likeness (QED) is 0.0405. The van der Waals surface area contributed by atoms with Crippen LogP contribution in [0.25, 0.3) is 0 Å². The first-order valence-corrected chi connectivity index (χ1v) is 15.8. The van der Waals surface area contributed by atoms with Crippen LogP contribution in [0.5, 0.6) is 0 Å². The molecule has 0 spiro atoms. The van der Waals surface area contributed by atoms with E-state index in [1.807, 2.05) is 0 Å². The van der Waals surface area contributed by atoms with E-state index in [4.69, 9.17) is 31.9 Å². The Bertz CT molecular complexity index is 1720. The van der Waals surface area contributed by atoms with Gasteiger partial charge in [-0.25, -0.2) is 19.1 Å². The number of carboxylic acids is 3. The van der Waals surface area contributed by atoms with E-state index in [2.05, 4.69) is 20.4 Å². The van der Waals surface area contributed by atoms with Gasteiger partial charge in [0.2, 0.25) is 17.2 Å². The first-order chi connectivity index (χ1) is 22.1. The first-order valence-electron chi connectivity index (χ1n) is 12.9. The van der Waals surface area contributed by atoms with Crippen molar-refractivity contribution in [1.82, 2.24) is 20.2 Å². The number of hydrogen-bond acceptors (Lipinski definition) is 16. The minimum Gasteiger partial charge on any atom is -0.542 e. The number of carboxylic acid groups (broad SMARTS) is 3. The maximum absolute atomic E-state index is 13.2. The van der Waals surface area contributed by atoms with Gasteiger partial charge in [-0.05, 0) is 31.2 Å². The van der Waals surface area contributed by atoms with Crippen LogP contribution >= 0.6 is 34.9 Å². The first kappa shape index (κ1) is 37.6. The summed E-state index contributed by atoms with van der Waals surface area (Å²) in [6.07, 6.45) is -5.19. The number of oxime groups is 1. The SMILES string of the molecule is C[n+]1c(N)cc(N)nc1SCC1=C(C(=O)O)N2C(=O)C(NC(=O)/C(=N\OC(C)(C)C(=O)O)c3csc(N)n3)C2SC1.O=C([O-])C(F)(F)F. The molecule has 2 amide bonds. The van der Waals surface area contributed by atoms with Gasteiger partial charge in [-0.1, -0.05) is 10.1 Å². The number of nitrogens with zero attached hydrogens (tertiary/aromatic N) is 5. The Morgan fingerprint density at radius 3 is 2.38 bits per heavy atom. The molecule has 1 fully saturated rings. The summed E-state index contributed by atoms with van der Waals surface area (Å²) in [4.78, 5) is 73.2. The molecule has 0 bridgehead atoms. The van der Waals surface area contributed by atoms with Gasteiger partial charge in [-0.2, -0.15) is 13.2 Å². The lowest BCUT2D eigenvalue weighted by Gasteiger charge is -2.49. The minimum atomic E-state index is -5.19. The summed E-state index contributed by atoms with van der Waals surface area (Å²) in [6, 6.07) is 0.414. The number of nitrogens with two attached hydrogens (primary N) is 3. The lowest BCUT2D eigenvalue weighted by atomic mass is 10.0. The fraction of sp³-hybridized carbons (Fsp3) is 0.375. The third kappa shape index (κ3) is 8.54. The lowest BCUT2D eigenvalue weighted by molar-refractivity contribution is -0.698. The number of anilines is 3. The number of fused-ring (bicyclic) bond motifs is 1. The van der Waals surface area contributed by atoms with Crippen LogP contribution in [0.4, 0.5) is 29.9 Å². The van der Waals surface area contributed by atoms with Crippen molar-refractivity contribution < 1.29 is 61.9 Å². The second-order valence-electron chi connectivity index (χ2n) is 10.1. The second-order valence-corrected chi connectivity index (χ2v) is 13.0. The number of nitrogens with one attached hydrogen (secondary N) is 1. The van der Waals surface area contributed by atoms with Crippen molar-refractivity contribution in [1.29, 1.82) is 0 Å². The van der Waals surface area contributed by atoms with E-state index in [0.717, 1.165) is 16.2 Å². The number of halogens is 3. The van der Waals surface area contributed by atoms with Gasteiger partial charge >= 0.3 is 23.3 Å². The maximum atomic E-state index is 13.2. The van der Waals surface area contributed by atoms with Gasteiger partial charge in [0, 0.05) is 16.9 Å². The molecular weight excluding hydrogens is 712 g/mol. The third-order valence-electron chi connectivity index (χ3n) is 6.20. The van der Waals surface area contributed by atoms with Crippen LogP contribution in [0.15, 0.2) is 33.0 Å². The number of aromatic nitrogens is 3. The van der Waals surface area contributed by atoms with Crippen LogP contribution in [0.2, 0.25) is 0 Å². The van der Waals surface area contributed by atoms with E-state index in [1.54, 1.807) is 11.6 Å². The van der Waals surface area contributed by atoms with Gasteiger partial charge in [0.15, 0.2) is 10.8 Å². The van der Waals surface area contributed by atoms with Gasteiger partial charge in [-0.15, -0.1) is 23.1 Å². The monoisotopic (exact) mass is 737 g/mol. The number of hydrogen-bond donors (Lipinski definition) is 6. The van der Waals surface area contributed by atoms with Gasteiger partial charge in [0.1, 0.15) is 28.8 Å². The highest BCUT2D eigenvalue weighted by molar-refractivity contribution is 8.01. The summed E-state index contributed by atoms with van der Waals surface area (Å²) in [7, 11) is 1.69. The second kappa shape index (κ2) is 14.5. The Balaban J connectivity index is 0.000000804. The average Bonchev–Trinajstić information content (AvgIpc) is 3.41. The van der Waals surface area contributed by atoms with Crippen LogP contribution < -0.4 is 32.2 Å². The Morgan fingerprint density at radius 2 is 1.85 bits per heavy atom. The number of carbonyl (C=O) groups excluding carboxylic acids is 3. The number of carbonyl (C=O) groups is 5. The molecule has 0 aromatic carbocycles. The zero-order valence-electron chi connectivity index (χ0n) is 24.8. The summed E-state index contributed by atoms with van der Waals surface area (Å²) in [5.41, 5.74) is 15.5. The molecular formula is C24H26F3N9O9S3. The molecule has 0 radical (unpaired) electrons. The molecule has 260 valence electrons. The number of β-lactam (4-membered cyclic amide) rings is 1. The predicted molar refractivity (Wildman–Crippen MR) is 162 cm³/mol. The fourth-order valence-electron chi connectivity index (χ4n) is 3.66. The van der Waals surface area contributed by atoms with Crippen LogP contribution in [0, 0.1) is 0 Å². The van der Waals surface area contributed by atoms with E-state index >= 15 is 0 Å². The number of thioether (sulfide) groups is 2. The summed E-state index contributed by atoms with van der Waals surface area (Å²) >= 11 is 3.51. The van der Waals surface area contributed by atoms with Crippen molar-refractivity contribution in [3.8, 4) is 0 Å². The Hall–Kier alpha value is -4.84. The highest BCUT2D eigenvalue weighted by Crippen LogP contribution is 2.41. The number of alkyl halides is 3. The summed E-state index contributed by atoms with van der Waals surface area (Å²) in [5.74, 6) is -6.10. The van der Waals surface area contributed by atoms with E-state index in [0.29, 0.717) is 16.5 Å². The van der Waals surface area contributed by atoms with Gasteiger partial charge in [0.25, 0.3) is 11.8 Å². The number of amides is 2. The molecule has 2 aromatic heterocycles. The Kier molecular flexibility index (Phi) is 11.4. The van der Waals surface area contributed by atoms with Crippen molar-refractivity contribution in [3.63, 3.8) is 0 Å². The van der Waals surface area contributed by atoms with Crippen molar-refractivity contribution in [2.45, 2.75) is 42.2 Å². The predicted octanol–water partition coefficient (Wildman–Crippen LogP) is -1.48. The van der Waals surface area contributed by atoms with Crippen molar-refractivity contribution in [2.24, 2.45) is 12.2 Å². The molecule has 2 aromatic rings. The fourth-order valence-corrected chi connectivity index (χ4v) is 6.70. The lowest BCUT2D eigenvalue weighted by Crippen LogP contribution is -2.71. The average molecular weight is 738 g/mol. The third-order valence-corrected chi connectivity index (χ3v) is 9.33. The number of rotatable bonds is 10. The molecule has 2 aliphatic heterocycles. The molecule has 4 rings (SSSR count). The largest absolute Gasteiger partial charge is 0.542 e. The molecule has 2 unspecified atom stereocenters. The van der Waals surface area contributed by atoms with E-state index in [9.17, 15) is 42.6 Å². The van der Waals surface area contributed by atoms with Crippen LogP contribution in [-0.4, -0.2) is 95.2 Å². The van der Waals surface area contributed by atoms with Crippen LogP contribution in [0.1, 0.15) is 19.5 Å². The highest BCUT2D eigenvalue weighted by atomic mass is 32.2. The molecule has 0 aliphatic carbocycles. The standard InChI is InChI=1S/C22H25N9O7S3.C2HF3O2/c1-22(2,19(36)37)38-29-12(9-7-40-20(25)26-9)15(32)28-13-16(33)31-14(18(34)35)8(5-39-17(13)31)6-41-21-27-10(23)4-11(24)30(21)3;3-2(4,5)1(6)7/h4,7,13,17H,5-6H2,1-3H3,(H8,23,24,25,26,28,32,34,35,36,37);(H,6,7)/b29-12-;. The van der Waals surface area contributed by atoms with E-state index in [-0.39, 0.29) is 33.8 Å². The highest BCUT2D eigenvalue weighted by Gasteiger charge is 2.54.